The lowest BCUT2D eigenvalue weighted by molar-refractivity contribution is -0.117. The van der Waals surface area contributed by atoms with Gasteiger partial charge in [-0.15, -0.1) is 0 Å². The van der Waals surface area contributed by atoms with E-state index < -0.39 is 0 Å². The van der Waals surface area contributed by atoms with Gasteiger partial charge in [0.25, 0.3) is 5.91 Å². The maximum atomic E-state index is 12.9. The Morgan fingerprint density at radius 2 is 1.69 bits per heavy atom. The molecule has 0 aromatic heterocycles. The minimum atomic E-state index is -0.0949. The average Bonchev–Trinajstić information content (AvgIpc) is 3.36. The first-order valence-corrected chi connectivity index (χ1v) is 11.6. The standard InChI is InChI=1S/C26H30N2O4/c1-17-14-21(17)25(30)28-20-7-4-18(5-8-20)24(29)27-16-26(10-2-3-11-26)19-6-9-22-23(15-19)32-13-12-31-22/h4-9,15,17,21H,2-3,10-14,16H2,1H3,(H,27,29)(H,28,30). The van der Waals surface area contributed by atoms with Crippen molar-refractivity contribution >= 4 is 17.5 Å². The van der Waals surface area contributed by atoms with E-state index in [1.54, 1.807) is 24.3 Å². The van der Waals surface area contributed by atoms with Crippen molar-refractivity contribution in [1.29, 1.82) is 0 Å². The van der Waals surface area contributed by atoms with Gasteiger partial charge in [-0.2, -0.15) is 0 Å². The maximum Gasteiger partial charge on any atom is 0.251 e. The van der Waals surface area contributed by atoms with Gasteiger partial charge in [0.2, 0.25) is 5.91 Å². The minimum absolute atomic E-state index is 0.0669. The van der Waals surface area contributed by atoms with Crippen LogP contribution in [0.2, 0.25) is 0 Å². The van der Waals surface area contributed by atoms with E-state index in [-0.39, 0.29) is 23.1 Å². The molecule has 0 saturated heterocycles. The van der Waals surface area contributed by atoms with Crippen LogP contribution in [0.25, 0.3) is 0 Å². The van der Waals surface area contributed by atoms with Crippen molar-refractivity contribution in [1.82, 2.24) is 5.32 Å². The van der Waals surface area contributed by atoms with Gasteiger partial charge in [0.1, 0.15) is 13.2 Å². The molecule has 3 aliphatic rings. The van der Waals surface area contributed by atoms with Crippen LogP contribution in [0.15, 0.2) is 42.5 Å². The Hall–Kier alpha value is -3.02. The van der Waals surface area contributed by atoms with E-state index in [0.717, 1.165) is 49.3 Å². The highest BCUT2D eigenvalue weighted by Gasteiger charge is 2.39. The Labute approximate surface area is 188 Å². The summed E-state index contributed by atoms with van der Waals surface area (Å²) < 4.78 is 11.4. The van der Waals surface area contributed by atoms with Gasteiger partial charge in [-0.3, -0.25) is 9.59 Å². The summed E-state index contributed by atoms with van der Waals surface area (Å²) in [6.45, 7) is 3.81. The number of carbonyl (C=O) groups excluding carboxylic acids is 2. The molecular formula is C26H30N2O4. The van der Waals surface area contributed by atoms with Crippen LogP contribution in [0, 0.1) is 11.8 Å². The summed E-state index contributed by atoms with van der Waals surface area (Å²) in [4.78, 5) is 25.0. The number of nitrogens with one attached hydrogen (secondary N) is 2. The zero-order valence-electron chi connectivity index (χ0n) is 18.5. The smallest absolute Gasteiger partial charge is 0.251 e. The summed E-state index contributed by atoms with van der Waals surface area (Å²) >= 11 is 0. The quantitative estimate of drug-likeness (QED) is 0.711. The second-order valence-corrected chi connectivity index (χ2v) is 9.41. The molecule has 2 amide bonds. The lowest BCUT2D eigenvalue weighted by Crippen LogP contribution is -2.39. The van der Waals surface area contributed by atoms with Crippen molar-refractivity contribution < 1.29 is 19.1 Å². The summed E-state index contributed by atoms with van der Waals surface area (Å²) in [5, 5.41) is 6.09. The summed E-state index contributed by atoms with van der Waals surface area (Å²) in [5.74, 6) is 2.16. The van der Waals surface area contributed by atoms with Crippen LogP contribution in [0.5, 0.6) is 11.5 Å². The summed E-state index contributed by atoms with van der Waals surface area (Å²) in [6.07, 6.45) is 5.34. The second kappa shape index (κ2) is 8.49. The van der Waals surface area contributed by atoms with Gasteiger partial charge in [-0.05, 0) is 67.1 Å². The highest BCUT2D eigenvalue weighted by Crippen LogP contribution is 2.44. The average molecular weight is 435 g/mol. The molecule has 2 N–H and O–H groups in total. The third kappa shape index (κ3) is 4.18. The topological polar surface area (TPSA) is 76.7 Å². The molecule has 2 aromatic rings. The zero-order valence-corrected chi connectivity index (χ0v) is 18.5. The highest BCUT2D eigenvalue weighted by atomic mass is 16.6. The Morgan fingerprint density at radius 3 is 2.38 bits per heavy atom. The SMILES string of the molecule is CC1CC1C(=O)Nc1ccc(C(=O)NCC2(c3ccc4c(c3)OCCO4)CCCC2)cc1. The molecule has 6 nitrogen and oxygen atoms in total. The molecule has 1 heterocycles. The normalized spacial score (nSPS) is 22.8. The summed E-state index contributed by atoms with van der Waals surface area (Å²) in [5.41, 5.74) is 2.44. The van der Waals surface area contributed by atoms with Crippen molar-refractivity contribution in [2.45, 2.75) is 44.4 Å². The molecule has 2 saturated carbocycles. The molecule has 2 aromatic carbocycles. The van der Waals surface area contributed by atoms with Crippen LogP contribution in [-0.2, 0) is 10.2 Å². The van der Waals surface area contributed by atoms with Crippen LogP contribution in [0.3, 0.4) is 0 Å². The second-order valence-electron chi connectivity index (χ2n) is 9.41. The largest absolute Gasteiger partial charge is 0.486 e. The summed E-state index contributed by atoms with van der Waals surface area (Å²) in [7, 11) is 0. The van der Waals surface area contributed by atoms with Gasteiger partial charge in [-0.1, -0.05) is 25.8 Å². The van der Waals surface area contributed by atoms with Crippen molar-refractivity contribution in [3.05, 3.63) is 53.6 Å². The number of benzene rings is 2. The molecule has 0 bridgehead atoms. The summed E-state index contributed by atoms with van der Waals surface area (Å²) in [6, 6.07) is 13.3. The van der Waals surface area contributed by atoms with E-state index in [2.05, 4.69) is 29.7 Å². The minimum Gasteiger partial charge on any atom is -0.486 e. The monoisotopic (exact) mass is 434 g/mol. The zero-order chi connectivity index (χ0) is 22.1. The van der Waals surface area contributed by atoms with E-state index >= 15 is 0 Å². The number of amides is 2. The van der Waals surface area contributed by atoms with Crippen LogP contribution < -0.4 is 20.1 Å². The van der Waals surface area contributed by atoms with Crippen molar-refractivity contribution in [2.75, 3.05) is 25.1 Å². The Morgan fingerprint density at radius 1 is 1.00 bits per heavy atom. The first kappa shape index (κ1) is 20.9. The number of rotatable bonds is 6. The Bertz CT molecular complexity index is 1010. The lowest BCUT2D eigenvalue weighted by Gasteiger charge is -2.31. The van der Waals surface area contributed by atoms with Crippen LogP contribution >= 0.6 is 0 Å². The molecule has 2 atom stereocenters. The lowest BCUT2D eigenvalue weighted by atomic mass is 9.78. The highest BCUT2D eigenvalue weighted by molar-refractivity contribution is 5.97. The number of hydrogen-bond donors (Lipinski definition) is 2. The third-order valence-corrected chi connectivity index (χ3v) is 7.16. The number of ether oxygens (including phenoxy) is 2. The van der Waals surface area contributed by atoms with Crippen molar-refractivity contribution in [3.63, 3.8) is 0 Å². The van der Waals surface area contributed by atoms with Gasteiger partial charge >= 0.3 is 0 Å². The number of anilines is 1. The first-order chi connectivity index (χ1) is 15.5. The molecule has 0 radical (unpaired) electrons. The fourth-order valence-corrected chi connectivity index (χ4v) is 4.97. The Balaban J connectivity index is 1.24. The first-order valence-electron chi connectivity index (χ1n) is 11.6. The van der Waals surface area contributed by atoms with E-state index in [0.29, 0.717) is 31.2 Å². The molecule has 0 spiro atoms. The van der Waals surface area contributed by atoms with E-state index in [1.165, 1.54) is 5.56 Å². The number of fused-ring (bicyclic) bond motifs is 1. The predicted molar refractivity (Wildman–Crippen MR) is 122 cm³/mol. The fraction of sp³-hybridized carbons (Fsp3) is 0.462. The van der Waals surface area contributed by atoms with E-state index in [9.17, 15) is 9.59 Å². The van der Waals surface area contributed by atoms with Crippen LogP contribution in [0.4, 0.5) is 5.69 Å². The van der Waals surface area contributed by atoms with Gasteiger partial charge in [0.15, 0.2) is 11.5 Å². The van der Waals surface area contributed by atoms with Crippen LogP contribution in [0.1, 0.15) is 54.9 Å². The van der Waals surface area contributed by atoms with Gasteiger partial charge < -0.3 is 20.1 Å². The van der Waals surface area contributed by atoms with E-state index in [4.69, 9.17) is 9.47 Å². The molecule has 2 unspecified atom stereocenters. The van der Waals surface area contributed by atoms with Crippen LogP contribution in [-0.4, -0.2) is 31.6 Å². The third-order valence-electron chi connectivity index (χ3n) is 7.16. The van der Waals surface area contributed by atoms with Crippen molar-refractivity contribution in [2.24, 2.45) is 11.8 Å². The van der Waals surface area contributed by atoms with Crippen molar-refractivity contribution in [3.8, 4) is 11.5 Å². The van der Waals surface area contributed by atoms with Gasteiger partial charge in [0.05, 0.1) is 0 Å². The molecule has 168 valence electrons. The van der Waals surface area contributed by atoms with Gasteiger partial charge in [-0.25, -0.2) is 0 Å². The molecular weight excluding hydrogens is 404 g/mol. The molecule has 6 heteroatoms. The van der Waals surface area contributed by atoms with E-state index in [1.807, 2.05) is 6.07 Å². The molecule has 2 aliphatic carbocycles. The molecule has 32 heavy (non-hydrogen) atoms. The number of hydrogen-bond acceptors (Lipinski definition) is 4. The Kier molecular flexibility index (Phi) is 5.53. The number of carbonyl (C=O) groups is 2. The molecule has 2 fully saturated rings. The molecule has 5 rings (SSSR count). The van der Waals surface area contributed by atoms with Gasteiger partial charge in [0, 0.05) is 29.1 Å². The maximum absolute atomic E-state index is 12.9. The molecule has 1 aliphatic heterocycles. The predicted octanol–water partition coefficient (Wildman–Crippen LogP) is 4.29. The fourth-order valence-electron chi connectivity index (χ4n) is 4.97.